The minimum atomic E-state index is 0.729. The molecule has 16 heavy (non-hydrogen) atoms. The van der Waals surface area contributed by atoms with Crippen molar-refractivity contribution >= 4 is 16.3 Å². The Morgan fingerprint density at radius 2 is 2.31 bits per heavy atom. The Labute approximate surface area is 99.5 Å². The van der Waals surface area contributed by atoms with Crippen molar-refractivity contribution < 1.29 is 0 Å². The van der Waals surface area contributed by atoms with Crippen LogP contribution < -0.4 is 5.32 Å². The Morgan fingerprint density at radius 3 is 3.06 bits per heavy atom. The molecule has 84 valence electrons. The molecule has 2 aromatic heterocycles. The van der Waals surface area contributed by atoms with Crippen LogP contribution >= 0.6 is 11.3 Å². The zero-order valence-corrected chi connectivity index (χ0v) is 10.6. The average Bonchev–Trinajstić information content (AvgIpc) is 2.75. The van der Waals surface area contributed by atoms with Gasteiger partial charge in [-0.2, -0.15) is 0 Å². The third-order valence-corrected chi connectivity index (χ3v) is 3.46. The summed E-state index contributed by atoms with van der Waals surface area (Å²) in [7, 11) is 0. The molecule has 0 spiro atoms. The zero-order valence-electron chi connectivity index (χ0n) is 9.79. The van der Waals surface area contributed by atoms with Crippen LogP contribution in [0.2, 0.25) is 0 Å². The summed E-state index contributed by atoms with van der Waals surface area (Å²) < 4.78 is 2.21. The molecule has 2 aromatic rings. The molecule has 0 fully saturated rings. The van der Waals surface area contributed by atoms with E-state index < -0.39 is 0 Å². The highest BCUT2D eigenvalue weighted by molar-refractivity contribution is 7.15. The van der Waals surface area contributed by atoms with Gasteiger partial charge in [0.05, 0.1) is 17.9 Å². The highest BCUT2D eigenvalue weighted by atomic mass is 32.1. The first-order valence-electron chi connectivity index (χ1n) is 5.26. The molecule has 0 saturated heterocycles. The van der Waals surface area contributed by atoms with E-state index >= 15 is 0 Å². The van der Waals surface area contributed by atoms with Crippen molar-refractivity contribution in [2.75, 3.05) is 6.54 Å². The third-order valence-electron chi connectivity index (χ3n) is 2.51. The van der Waals surface area contributed by atoms with E-state index in [1.165, 1.54) is 11.4 Å². The van der Waals surface area contributed by atoms with Crippen LogP contribution in [-0.2, 0) is 6.54 Å². The van der Waals surface area contributed by atoms with Gasteiger partial charge >= 0.3 is 0 Å². The second kappa shape index (κ2) is 4.69. The Hall–Kier alpha value is -1.31. The number of aromatic nitrogens is 2. The fraction of sp³-hybridized carbons (Fsp3) is 0.417. The molecular weight excluding hydrogens is 218 g/mol. The molecule has 0 aliphatic rings. The van der Waals surface area contributed by atoms with Crippen LogP contribution in [0.3, 0.4) is 0 Å². The molecule has 0 saturated carbocycles. The summed E-state index contributed by atoms with van der Waals surface area (Å²) >= 11 is 1.69. The summed E-state index contributed by atoms with van der Waals surface area (Å²) in [4.78, 5) is 5.62. The number of aryl methyl sites for hydroxylation is 2. The van der Waals surface area contributed by atoms with Gasteiger partial charge < -0.3 is 5.32 Å². The van der Waals surface area contributed by atoms with Crippen molar-refractivity contribution in [3.8, 4) is 11.8 Å². The Kier molecular flexibility index (Phi) is 3.28. The molecule has 4 heteroatoms. The maximum atomic E-state index is 4.54. The monoisotopic (exact) mass is 233 g/mol. The smallest absolute Gasteiger partial charge is 0.194 e. The largest absolute Gasteiger partial charge is 0.301 e. The van der Waals surface area contributed by atoms with Crippen LogP contribution in [0.25, 0.3) is 4.96 Å². The van der Waals surface area contributed by atoms with Crippen LogP contribution in [-0.4, -0.2) is 15.9 Å². The van der Waals surface area contributed by atoms with E-state index in [0.717, 1.165) is 23.7 Å². The maximum absolute atomic E-state index is 4.54. The van der Waals surface area contributed by atoms with E-state index in [0.29, 0.717) is 0 Å². The van der Waals surface area contributed by atoms with Gasteiger partial charge in [-0.25, -0.2) is 4.98 Å². The number of hydrogen-bond donors (Lipinski definition) is 1. The fourth-order valence-electron chi connectivity index (χ4n) is 1.71. The van der Waals surface area contributed by atoms with Crippen LogP contribution in [0, 0.1) is 25.7 Å². The maximum Gasteiger partial charge on any atom is 0.194 e. The van der Waals surface area contributed by atoms with Gasteiger partial charge in [-0.05, 0) is 20.8 Å². The van der Waals surface area contributed by atoms with E-state index in [9.17, 15) is 0 Å². The second-order valence-electron chi connectivity index (χ2n) is 3.67. The summed E-state index contributed by atoms with van der Waals surface area (Å²) in [6.45, 7) is 7.57. The van der Waals surface area contributed by atoms with E-state index in [4.69, 9.17) is 0 Å². The quantitative estimate of drug-likeness (QED) is 0.650. The summed E-state index contributed by atoms with van der Waals surface area (Å²) in [5, 5.41) is 5.44. The summed E-state index contributed by atoms with van der Waals surface area (Å²) in [5.41, 5.74) is 3.59. The molecule has 0 aliphatic heterocycles. The van der Waals surface area contributed by atoms with E-state index in [1.54, 1.807) is 11.3 Å². The zero-order chi connectivity index (χ0) is 11.5. The Balaban J connectivity index is 2.23. The number of rotatable bonds is 3. The molecule has 0 atom stereocenters. The van der Waals surface area contributed by atoms with Gasteiger partial charge in [-0.1, -0.05) is 5.92 Å². The van der Waals surface area contributed by atoms with Gasteiger partial charge in [0, 0.05) is 17.6 Å². The van der Waals surface area contributed by atoms with Crippen molar-refractivity contribution in [3.63, 3.8) is 0 Å². The first kappa shape index (κ1) is 11.2. The van der Waals surface area contributed by atoms with Crippen LogP contribution in [0.15, 0.2) is 5.38 Å². The molecular formula is C12H15N3S. The van der Waals surface area contributed by atoms with Gasteiger partial charge in [0.1, 0.15) is 0 Å². The minimum absolute atomic E-state index is 0.729. The molecule has 0 radical (unpaired) electrons. The predicted octanol–water partition coefficient (Wildman–Crippen LogP) is 2.13. The second-order valence-corrected chi connectivity index (χ2v) is 4.51. The molecule has 0 aliphatic carbocycles. The average molecular weight is 233 g/mol. The fourth-order valence-corrected chi connectivity index (χ4v) is 2.64. The molecule has 1 N–H and O–H groups in total. The standard InChI is InChI=1S/C12H15N3S/c1-4-5-6-13-7-11-10(3)14-12-15(11)9(2)8-16-12/h8,13H,6-7H2,1-3H3. The van der Waals surface area contributed by atoms with Gasteiger partial charge in [0.2, 0.25) is 0 Å². The summed E-state index contributed by atoms with van der Waals surface area (Å²) in [6.07, 6.45) is 0. The Morgan fingerprint density at radius 1 is 1.50 bits per heavy atom. The number of nitrogens with one attached hydrogen (secondary N) is 1. The van der Waals surface area contributed by atoms with E-state index in [2.05, 4.69) is 45.8 Å². The number of nitrogens with zero attached hydrogens (tertiary/aromatic N) is 2. The molecule has 0 unspecified atom stereocenters. The van der Waals surface area contributed by atoms with Gasteiger partial charge in [-0.15, -0.1) is 17.3 Å². The first-order valence-corrected chi connectivity index (χ1v) is 6.14. The topological polar surface area (TPSA) is 29.3 Å². The van der Waals surface area contributed by atoms with Crippen molar-refractivity contribution in [2.24, 2.45) is 0 Å². The van der Waals surface area contributed by atoms with Gasteiger partial charge in [0.15, 0.2) is 4.96 Å². The molecule has 0 bridgehead atoms. The molecule has 0 amide bonds. The number of hydrogen-bond acceptors (Lipinski definition) is 3. The predicted molar refractivity (Wildman–Crippen MR) is 67.7 cm³/mol. The SMILES string of the molecule is CC#CCNCc1c(C)nc2scc(C)n12. The van der Waals surface area contributed by atoms with Crippen molar-refractivity contribution in [3.05, 3.63) is 22.5 Å². The van der Waals surface area contributed by atoms with Crippen LogP contribution in [0.4, 0.5) is 0 Å². The number of thiazole rings is 1. The van der Waals surface area contributed by atoms with Crippen LogP contribution in [0.5, 0.6) is 0 Å². The van der Waals surface area contributed by atoms with Gasteiger partial charge in [0.25, 0.3) is 0 Å². The third kappa shape index (κ3) is 1.97. The molecule has 2 rings (SSSR count). The molecule has 0 aromatic carbocycles. The molecule has 2 heterocycles. The van der Waals surface area contributed by atoms with Crippen molar-refractivity contribution in [1.82, 2.24) is 14.7 Å². The lowest BCUT2D eigenvalue weighted by molar-refractivity contribution is 0.734. The first-order chi connectivity index (χ1) is 7.74. The van der Waals surface area contributed by atoms with Gasteiger partial charge in [-0.3, -0.25) is 4.40 Å². The number of imidazole rings is 1. The highest BCUT2D eigenvalue weighted by Gasteiger charge is 2.10. The van der Waals surface area contributed by atoms with Crippen molar-refractivity contribution in [1.29, 1.82) is 0 Å². The van der Waals surface area contributed by atoms with E-state index in [1.807, 2.05) is 6.92 Å². The molecule has 3 nitrogen and oxygen atoms in total. The number of fused-ring (bicyclic) bond motifs is 1. The normalized spacial score (nSPS) is 10.4. The summed E-state index contributed by atoms with van der Waals surface area (Å²) in [5.74, 6) is 5.87. The van der Waals surface area contributed by atoms with Crippen molar-refractivity contribution in [2.45, 2.75) is 27.3 Å². The van der Waals surface area contributed by atoms with Crippen LogP contribution in [0.1, 0.15) is 24.0 Å². The lowest BCUT2D eigenvalue weighted by Crippen LogP contribution is -2.15. The summed E-state index contributed by atoms with van der Waals surface area (Å²) in [6, 6.07) is 0. The minimum Gasteiger partial charge on any atom is -0.301 e. The van der Waals surface area contributed by atoms with E-state index in [-0.39, 0.29) is 0 Å². The lowest BCUT2D eigenvalue weighted by Gasteiger charge is -2.02. The highest BCUT2D eigenvalue weighted by Crippen LogP contribution is 2.20. The lowest BCUT2D eigenvalue weighted by atomic mass is 10.3. The Bertz CT molecular complexity index is 554.